The van der Waals surface area contributed by atoms with Crippen molar-refractivity contribution in [2.75, 3.05) is 26.9 Å². The first kappa shape index (κ1) is 29.2. The molecule has 0 spiro atoms. The third-order valence-corrected chi connectivity index (χ3v) is 7.17. The molecule has 1 unspecified atom stereocenters. The van der Waals surface area contributed by atoms with E-state index in [1.54, 1.807) is 7.11 Å². The fourth-order valence-electron chi connectivity index (χ4n) is 5.04. The summed E-state index contributed by atoms with van der Waals surface area (Å²) >= 11 is 0. The second kappa shape index (κ2) is 15.8. The number of aliphatic carboxylic acids is 1. The normalized spacial score (nSPS) is 11.9. The fraction of sp³-hybridized carbons (Fsp3) is 0.353. The summed E-state index contributed by atoms with van der Waals surface area (Å²) in [5, 5.41) is 9.61. The second-order valence-corrected chi connectivity index (χ2v) is 10.0. The lowest BCUT2D eigenvalue weighted by Gasteiger charge is -2.14. The van der Waals surface area contributed by atoms with Crippen molar-refractivity contribution in [2.24, 2.45) is 5.92 Å². The van der Waals surface area contributed by atoms with Crippen LogP contribution in [0.4, 0.5) is 0 Å². The van der Waals surface area contributed by atoms with E-state index in [9.17, 15) is 9.90 Å². The Morgan fingerprint density at radius 2 is 1.35 bits per heavy atom. The minimum Gasteiger partial charge on any atom is -0.481 e. The highest BCUT2D eigenvalue weighted by Gasteiger charge is 2.21. The number of nitrogens with zero attached hydrogens (tertiary/aromatic N) is 2. The third-order valence-electron chi connectivity index (χ3n) is 7.17. The first-order chi connectivity index (χ1) is 19.7. The van der Waals surface area contributed by atoms with Crippen LogP contribution in [0.1, 0.15) is 38.5 Å². The van der Waals surface area contributed by atoms with Gasteiger partial charge in [0.25, 0.3) is 0 Å². The maximum absolute atomic E-state index is 11.7. The number of carboxylic acid groups (broad SMARTS) is 1. The number of carbonyl (C=O) groups is 1. The summed E-state index contributed by atoms with van der Waals surface area (Å²) in [5.74, 6) is -0.126. The lowest BCUT2D eigenvalue weighted by atomic mass is 9.98. The van der Waals surface area contributed by atoms with E-state index < -0.39 is 5.97 Å². The molecule has 0 aliphatic heterocycles. The molecule has 0 bridgehead atoms. The molecule has 6 nitrogen and oxygen atoms in total. The van der Waals surface area contributed by atoms with Gasteiger partial charge in [-0.3, -0.25) is 4.79 Å². The minimum atomic E-state index is -0.734. The first-order valence-electron chi connectivity index (χ1n) is 14.2. The molecule has 0 amide bonds. The van der Waals surface area contributed by atoms with Crippen LogP contribution in [-0.4, -0.2) is 47.6 Å². The standard InChI is InChI=1S/C34H40N2O4/c1-39-25-26-40-24-22-30(34(37)38)21-7-2-3-14-23-36-32(28-17-10-5-11-18-28)31(27-15-8-4-9-16-27)35-33(36)29-19-12-6-13-20-29/h4-6,8-13,15-20,30H,2-3,7,14,21-26H2,1H3,(H,37,38). The lowest BCUT2D eigenvalue weighted by molar-refractivity contribution is -0.142. The van der Waals surface area contributed by atoms with E-state index in [0.29, 0.717) is 32.7 Å². The van der Waals surface area contributed by atoms with Crippen molar-refractivity contribution >= 4 is 5.97 Å². The van der Waals surface area contributed by atoms with Gasteiger partial charge in [0, 0.05) is 37.0 Å². The number of methoxy groups -OCH3 is 1. The SMILES string of the molecule is COCCOCCC(CCCCCCn1c(-c2ccccc2)nc(-c2ccccc2)c1-c1ccccc1)C(=O)O. The van der Waals surface area contributed by atoms with Gasteiger partial charge in [-0.15, -0.1) is 0 Å². The molecule has 210 valence electrons. The van der Waals surface area contributed by atoms with Gasteiger partial charge in [-0.2, -0.15) is 0 Å². The van der Waals surface area contributed by atoms with E-state index in [4.69, 9.17) is 14.5 Å². The summed E-state index contributed by atoms with van der Waals surface area (Å²) < 4.78 is 12.8. The summed E-state index contributed by atoms with van der Waals surface area (Å²) in [5.41, 5.74) is 5.46. The topological polar surface area (TPSA) is 73.6 Å². The molecule has 0 saturated heterocycles. The van der Waals surface area contributed by atoms with Crippen molar-refractivity contribution in [3.05, 3.63) is 91.0 Å². The van der Waals surface area contributed by atoms with Crippen molar-refractivity contribution in [3.8, 4) is 33.9 Å². The summed E-state index contributed by atoms with van der Waals surface area (Å²) in [7, 11) is 1.63. The number of carboxylic acids is 1. The predicted octanol–water partition coefficient (Wildman–Crippen LogP) is 7.59. The van der Waals surface area contributed by atoms with Crippen LogP contribution in [0.2, 0.25) is 0 Å². The zero-order valence-corrected chi connectivity index (χ0v) is 23.4. The Morgan fingerprint density at radius 1 is 0.750 bits per heavy atom. The van der Waals surface area contributed by atoms with Crippen LogP contribution >= 0.6 is 0 Å². The molecule has 1 aromatic heterocycles. The molecule has 1 heterocycles. The highest BCUT2D eigenvalue weighted by atomic mass is 16.5. The molecular formula is C34H40N2O4. The van der Waals surface area contributed by atoms with Crippen molar-refractivity contribution in [1.29, 1.82) is 0 Å². The summed E-state index contributed by atoms with van der Waals surface area (Å²) in [6.45, 7) is 2.32. The van der Waals surface area contributed by atoms with Crippen LogP contribution in [0, 0.1) is 5.92 Å². The highest BCUT2D eigenvalue weighted by molar-refractivity contribution is 5.82. The average Bonchev–Trinajstić information content (AvgIpc) is 3.38. The van der Waals surface area contributed by atoms with E-state index in [-0.39, 0.29) is 5.92 Å². The number of ether oxygens (including phenoxy) is 2. The highest BCUT2D eigenvalue weighted by Crippen LogP contribution is 2.36. The quantitative estimate of drug-likeness (QED) is 0.140. The van der Waals surface area contributed by atoms with Gasteiger partial charge in [-0.25, -0.2) is 4.98 Å². The van der Waals surface area contributed by atoms with Gasteiger partial charge in [-0.1, -0.05) is 110 Å². The van der Waals surface area contributed by atoms with Crippen LogP contribution < -0.4 is 0 Å². The number of unbranched alkanes of at least 4 members (excludes halogenated alkanes) is 3. The molecule has 4 aromatic rings. The lowest BCUT2D eigenvalue weighted by Crippen LogP contribution is -2.17. The molecule has 6 heteroatoms. The van der Waals surface area contributed by atoms with Crippen LogP contribution in [0.3, 0.4) is 0 Å². The van der Waals surface area contributed by atoms with Crippen LogP contribution in [0.25, 0.3) is 33.9 Å². The molecule has 3 aromatic carbocycles. The first-order valence-corrected chi connectivity index (χ1v) is 14.2. The van der Waals surface area contributed by atoms with Crippen LogP contribution in [0.15, 0.2) is 91.0 Å². The molecule has 1 N–H and O–H groups in total. The molecule has 0 aliphatic carbocycles. The number of imidazole rings is 1. The largest absolute Gasteiger partial charge is 0.481 e. The van der Waals surface area contributed by atoms with Gasteiger partial charge in [0.05, 0.1) is 30.5 Å². The molecule has 4 rings (SSSR count). The van der Waals surface area contributed by atoms with E-state index in [0.717, 1.165) is 66.1 Å². The number of hydrogen-bond acceptors (Lipinski definition) is 4. The smallest absolute Gasteiger partial charge is 0.306 e. The number of benzene rings is 3. The fourth-order valence-corrected chi connectivity index (χ4v) is 5.04. The molecule has 1 atom stereocenters. The zero-order chi connectivity index (χ0) is 28.0. The Bertz CT molecular complexity index is 1290. The van der Waals surface area contributed by atoms with E-state index in [1.165, 1.54) is 0 Å². The van der Waals surface area contributed by atoms with Crippen LogP contribution in [-0.2, 0) is 20.8 Å². The van der Waals surface area contributed by atoms with E-state index in [2.05, 4.69) is 77.4 Å². The minimum absolute atomic E-state index is 0.362. The summed E-state index contributed by atoms with van der Waals surface area (Å²) in [4.78, 5) is 16.9. The van der Waals surface area contributed by atoms with Crippen molar-refractivity contribution in [2.45, 2.75) is 45.1 Å². The van der Waals surface area contributed by atoms with Gasteiger partial charge in [0.15, 0.2) is 0 Å². The Labute approximate surface area is 237 Å². The number of rotatable bonds is 17. The van der Waals surface area contributed by atoms with Crippen molar-refractivity contribution in [1.82, 2.24) is 9.55 Å². The Balaban J connectivity index is 1.46. The van der Waals surface area contributed by atoms with Gasteiger partial charge >= 0.3 is 5.97 Å². The molecule has 0 fully saturated rings. The van der Waals surface area contributed by atoms with Crippen molar-refractivity contribution in [3.63, 3.8) is 0 Å². The third kappa shape index (κ3) is 8.13. The Morgan fingerprint density at radius 3 is 1.98 bits per heavy atom. The molecule has 0 saturated carbocycles. The summed E-state index contributed by atoms with van der Waals surface area (Å²) in [6.07, 6.45) is 5.12. The van der Waals surface area contributed by atoms with E-state index in [1.807, 2.05) is 18.2 Å². The van der Waals surface area contributed by atoms with Crippen molar-refractivity contribution < 1.29 is 19.4 Å². The van der Waals surface area contributed by atoms with Gasteiger partial charge < -0.3 is 19.1 Å². The molecular weight excluding hydrogens is 500 g/mol. The number of hydrogen-bond donors (Lipinski definition) is 1. The second-order valence-electron chi connectivity index (χ2n) is 10.0. The van der Waals surface area contributed by atoms with Gasteiger partial charge in [0.2, 0.25) is 0 Å². The molecule has 40 heavy (non-hydrogen) atoms. The Hall–Kier alpha value is -3.74. The van der Waals surface area contributed by atoms with Gasteiger partial charge in [-0.05, 0) is 19.3 Å². The van der Waals surface area contributed by atoms with Gasteiger partial charge in [0.1, 0.15) is 5.82 Å². The Kier molecular flexibility index (Phi) is 11.5. The maximum atomic E-state index is 11.7. The number of aromatic nitrogens is 2. The average molecular weight is 541 g/mol. The van der Waals surface area contributed by atoms with E-state index >= 15 is 0 Å². The molecule has 0 radical (unpaired) electrons. The molecule has 0 aliphatic rings. The zero-order valence-electron chi connectivity index (χ0n) is 23.4. The van der Waals surface area contributed by atoms with Crippen LogP contribution in [0.5, 0.6) is 0 Å². The maximum Gasteiger partial charge on any atom is 0.306 e. The summed E-state index contributed by atoms with van der Waals surface area (Å²) in [6, 6.07) is 31.3. The monoisotopic (exact) mass is 540 g/mol. The predicted molar refractivity (Wildman–Crippen MR) is 160 cm³/mol.